The molecule has 2 heterocycles. The lowest BCUT2D eigenvalue weighted by molar-refractivity contribution is 0.108. The van der Waals surface area contributed by atoms with Gasteiger partial charge in [0.25, 0.3) is 0 Å². The zero-order valence-electron chi connectivity index (χ0n) is 8.11. The fourth-order valence-electron chi connectivity index (χ4n) is 2.32. The molecule has 0 spiro atoms. The van der Waals surface area contributed by atoms with Gasteiger partial charge in [-0.2, -0.15) is 0 Å². The van der Waals surface area contributed by atoms with E-state index >= 15 is 0 Å². The second-order valence-corrected chi connectivity index (χ2v) is 4.85. The van der Waals surface area contributed by atoms with Crippen LogP contribution in [0.25, 0.3) is 0 Å². The van der Waals surface area contributed by atoms with Crippen molar-refractivity contribution >= 4 is 0 Å². The van der Waals surface area contributed by atoms with E-state index in [1.54, 1.807) is 0 Å². The first kappa shape index (κ1) is 8.48. The van der Waals surface area contributed by atoms with Crippen molar-refractivity contribution in [3.63, 3.8) is 0 Å². The highest BCUT2D eigenvalue weighted by molar-refractivity contribution is 5.12. The third kappa shape index (κ3) is 0.934. The van der Waals surface area contributed by atoms with E-state index in [1.807, 2.05) is 0 Å². The maximum atomic E-state index is 5.52. The van der Waals surface area contributed by atoms with Crippen molar-refractivity contribution in [3.05, 3.63) is 0 Å². The number of hydrogen-bond donors (Lipinski definition) is 2. The topological polar surface area (TPSA) is 33.3 Å². The summed E-state index contributed by atoms with van der Waals surface area (Å²) >= 11 is 0. The highest BCUT2D eigenvalue weighted by Crippen LogP contribution is 2.38. The second-order valence-electron chi connectivity index (χ2n) is 4.85. The first-order valence-electron chi connectivity index (χ1n) is 4.62. The average molecular weight is 170 g/mol. The molecule has 0 aromatic heterocycles. The van der Waals surface area contributed by atoms with Gasteiger partial charge < -0.3 is 4.74 Å². The van der Waals surface area contributed by atoms with Crippen LogP contribution < -0.4 is 10.6 Å². The van der Waals surface area contributed by atoms with E-state index in [0.29, 0.717) is 6.04 Å². The van der Waals surface area contributed by atoms with Gasteiger partial charge in [0.1, 0.15) is 0 Å². The third-order valence-electron chi connectivity index (χ3n) is 3.30. The van der Waals surface area contributed by atoms with E-state index in [2.05, 4.69) is 31.4 Å². The van der Waals surface area contributed by atoms with Gasteiger partial charge in [-0.05, 0) is 5.41 Å². The number of ether oxygens (including phenoxy) is 1. The fraction of sp³-hybridized carbons (Fsp3) is 1.00. The minimum absolute atomic E-state index is 0.160. The predicted octanol–water partition coefficient (Wildman–Crippen LogP) is 0.320. The monoisotopic (exact) mass is 170 g/mol. The van der Waals surface area contributed by atoms with Crippen LogP contribution in [0.1, 0.15) is 20.8 Å². The molecule has 0 aliphatic carbocycles. The predicted molar refractivity (Wildman–Crippen MR) is 47.9 cm³/mol. The first-order chi connectivity index (χ1) is 5.56. The molecule has 2 fully saturated rings. The van der Waals surface area contributed by atoms with Crippen molar-refractivity contribution in [2.24, 2.45) is 5.41 Å². The highest BCUT2D eigenvalue weighted by Gasteiger charge is 2.54. The molecule has 3 nitrogen and oxygen atoms in total. The SMILES string of the molecule is CC(C)(C)C12COCC1NCN2. The Labute approximate surface area is 73.9 Å². The van der Waals surface area contributed by atoms with Crippen LogP contribution in [-0.2, 0) is 4.74 Å². The van der Waals surface area contributed by atoms with E-state index < -0.39 is 0 Å². The molecule has 12 heavy (non-hydrogen) atoms. The quantitative estimate of drug-likeness (QED) is 0.549. The standard InChI is InChI=1S/C9H18N2O/c1-8(2,3)9-5-12-4-7(9)10-6-11-9/h7,10-11H,4-6H2,1-3H3. The molecule has 2 N–H and O–H groups in total. The van der Waals surface area contributed by atoms with E-state index in [9.17, 15) is 0 Å². The van der Waals surface area contributed by atoms with Crippen molar-refractivity contribution in [3.8, 4) is 0 Å². The molecule has 2 unspecified atom stereocenters. The Morgan fingerprint density at radius 2 is 2.17 bits per heavy atom. The zero-order valence-corrected chi connectivity index (χ0v) is 8.11. The Balaban J connectivity index is 2.28. The molecule has 0 aromatic rings. The third-order valence-corrected chi connectivity index (χ3v) is 3.30. The Morgan fingerprint density at radius 3 is 2.75 bits per heavy atom. The molecule has 0 bridgehead atoms. The normalized spacial score (nSPS) is 41.8. The van der Waals surface area contributed by atoms with Gasteiger partial charge in [-0.1, -0.05) is 20.8 Å². The van der Waals surface area contributed by atoms with Gasteiger partial charge in [-0.3, -0.25) is 10.6 Å². The summed E-state index contributed by atoms with van der Waals surface area (Å²) in [6, 6.07) is 0.498. The summed E-state index contributed by atoms with van der Waals surface area (Å²) in [4.78, 5) is 0. The molecular weight excluding hydrogens is 152 g/mol. The summed E-state index contributed by atoms with van der Waals surface area (Å²) in [5.74, 6) is 0. The Kier molecular flexibility index (Phi) is 1.72. The summed E-state index contributed by atoms with van der Waals surface area (Å²) in [5, 5.41) is 6.97. The number of hydrogen-bond acceptors (Lipinski definition) is 3. The van der Waals surface area contributed by atoms with Crippen LogP contribution in [0.3, 0.4) is 0 Å². The van der Waals surface area contributed by atoms with Crippen LogP contribution in [0.5, 0.6) is 0 Å². The summed E-state index contributed by atoms with van der Waals surface area (Å²) in [7, 11) is 0. The lowest BCUT2D eigenvalue weighted by Gasteiger charge is -2.40. The van der Waals surface area contributed by atoms with Gasteiger partial charge in [0.05, 0.1) is 24.8 Å². The Hall–Kier alpha value is -0.120. The van der Waals surface area contributed by atoms with E-state index in [-0.39, 0.29) is 11.0 Å². The van der Waals surface area contributed by atoms with Crippen LogP contribution in [0.4, 0.5) is 0 Å². The van der Waals surface area contributed by atoms with Crippen molar-refractivity contribution in [1.82, 2.24) is 10.6 Å². The van der Waals surface area contributed by atoms with Crippen molar-refractivity contribution in [2.75, 3.05) is 19.9 Å². The summed E-state index contributed by atoms with van der Waals surface area (Å²) < 4.78 is 5.52. The first-order valence-corrected chi connectivity index (χ1v) is 4.62. The van der Waals surface area contributed by atoms with Gasteiger partial charge in [0, 0.05) is 6.67 Å². The van der Waals surface area contributed by atoms with Gasteiger partial charge in [0.15, 0.2) is 0 Å². The van der Waals surface area contributed by atoms with Crippen LogP contribution in [0, 0.1) is 5.41 Å². The minimum Gasteiger partial charge on any atom is -0.378 e. The van der Waals surface area contributed by atoms with Crippen molar-refractivity contribution in [1.29, 1.82) is 0 Å². The van der Waals surface area contributed by atoms with E-state index in [0.717, 1.165) is 19.9 Å². The van der Waals surface area contributed by atoms with Gasteiger partial charge in [0.2, 0.25) is 0 Å². The summed E-state index contributed by atoms with van der Waals surface area (Å²) in [6.07, 6.45) is 0. The molecule has 2 aliphatic rings. The second kappa shape index (κ2) is 2.44. The molecule has 70 valence electrons. The highest BCUT2D eigenvalue weighted by atomic mass is 16.5. The molecule has 3 heteroatoms. The maximum Gasteiger partial charge on any atom is 0.0670 e. The molecule has 0 amide bonds. The number of fused-ring (bicyclic) bond motifs is 1. The molecule has 2 atom stereocenters. The van der Waals surface area contributed by atoms with Crippen molar-refractivity contribution in [2.45, 2.75) is 32.4 Å². The van der Waals surface area contributed by atoms with Crippen LogP contribution in [0.15, 0.2) is 0 Å². The average Bonchev–Trinajstić information content (AvgIpc) is 2.37. The van der Waals surface area contributed by atoms with E-state index in [1.165, 1.54) is 0 Å². The number of nitrogens with one attached hydrogen (secondary N) is 2. The zero-order chi connectivity index (χ0) is 8.82. The van der Waals surface area contributed by atoms with E-state index in [4.69, 9.17) is 4.74 Å². The van der Waals surface area contributed by atoms with Gasteiger partial charge >= 0.3 is 0 Å². The van der Waals surface area contributed by atoms with Gasteiger partial charge in [-0.25, -0.2) is 0 Å². The lowest BCUT2D eigenvalue weighted by atomic mass is 9.71. The molecule has 0 radical (unpaired) electrons. The summed E-state index contributed by atoms with van der Waals surface area (Å²) in [6.45, 7) is 9.43. The molecule has 2 rings (SSSR count). The molecule has 2 aliphatic heterocycles. The number of rotatable bonds is 0. The molecule has 0 saturated carbocycles. The fourth-order valence-corrected chi connectivity index (χ4v) is 2.32. The molecule has 2 saturated heterocycles. The van der Waals surface area contributed by atoms with Gasteiger partial charge in [-0.15, -0.1) is 0 Å². The smallest absolute Gasteiger partial charge is 0.0670 e. The minimum atomic E-state index is 0.160. The van der Waals surface area contributed by atoms with Crippen molar-refractivity contribution < 1.29 is 4.74 Å². The summed E-state index contributed by atoms with van der Waals surface area (Å²) in [5.41, 5.74) is 0.421. The molecular formula is C9H18N2O. The lowest BCUT2D eigenvalue weighted by Crippen LogP contribution is -2.58. The van der Waals surface area contributed by atoms with Crippen LogP contribution in [0.2, 0.25) is 0 Å². The van der Waals surface area contributed by atoms with Crippen LogP contribution >= 0.6 is 0 Å². The molecule has 0 aromatic carbocycles. The Bertz CT molecular complexity index is 175. The van der Waals surface area contributed by atoms with Crippen LogP contribution in [-0.4, -0.2) is 31.5 Å². The maximum absolute atomic E-state index is 5.52. The largest absolute Gasteiger partial charge is 0.378 e. The Morgan fingerprint density at radius 1 is 1.42 bits per heavy atom.